The minimum Gasteiger partial charge on any atom is -0.317 e. The van der Waals surface area contributed by atoms with Gasteiger partial charge >= 0.3 is 0 Å². The van der Waals surface area contributed by atoms with Gasteiger partial charge in [-0.15, -0.1) is 6.58 Å². The van der Waals surface area contributed by atoms with E-state index in [4.69, 9.17) is 5.73 Å². The second-order valence-corrected chi connectivity index (χ2v) is 2.77. The smallest absolute Gasteiger partial charge is 0.0703 e. The molecule has 1 rings (SSSR count). The van der Waals surface area contributed by atoms with Crippen molar-refractivity contribution in [1.29, 1.82) is 0 Å². The van der Waals surface area contributed by atoms with Crippen LogP contribution in [0.4, 0.5) is 0 Å². The molecular weight excluding hydrogens is 158 g/mol. The average molecular weight is 171 g/mol. The van der Waals surface area contributed by atoms with Gasteiger partial charge in [0.2, 0.25) is 0 Å². The van der Waals surface area contributed by atoms with E-state index in [0.29, 0.717) is 0 Å². The maximum atomic E-state index is 5.69. The SMILES string of the molecule is C=CC[C@H](N)C#Cc1ccccc1. The minimum absolute atomic E-state index is 0.0993. The van der Waals surface area contributed by atoms with Crippen molar-refractivity contribution >= 4 is 0 Å². The molecule has 0 aromatic heterocycles. The normalized spacial score (nSPS) is 11.2. The van der Waals surface area contributed by atoms with Crippen LogP contribution in [0.15, 0.2) is 43.0 Å². The van der Waals surface area contributed by atoms with Crippen LogP contribution >= 0.6 is 0 Å². The van der Waals surface area contributed by atoms with E-state index in [2.05, 4.69) is 18.4 Å². The zero-order chi connectivity index (χ0) is 9.52. The molecule has 0 amide bonds. The number of rotatable bonds is 2. The van der Waals surface area contributed by atoms with Gasteiger partial charge in [0, 0.05) is 5.56 Å². The Kier molecular flexibility index (Phi) is 3.81. The maximum absolute atomic E-state index is 5.69. The summed E-state index contributed by atoms with van der Waals surface area (Å²) in [5.74, 6) is 5.96. The Morgan fingerprint density at radius 2 is 2.08 bits per heavy atom. The molecule has 0 saturated carbocycles. The molecule has 0 heterocycles. The molecule has 1 aromatic carbocycles. The molecule has 0 aliphatic heterocycles. The van der Waals surface area contributed by atoms with E-state index in [1.54, 1.807) is 6.08 Å². The Bertz CT molecular complexity index is 316. The third-order valence-corrected chi connectivity index (χ3v) is 1.60. The van der Waals surface area contributed by atoms with Gasteiger partial charge in [-0.05, 0) is 18.6 Å². The van der Waals surface area contributed by atoms with Gasteiger partial charge in [-0.3, -0.25) is 0 Å². The molecule has 0 radical (unpaired) electrons. The predicted molar refractivity (Wildman–Crippen MR) is 56.1 cm³/mol. The Morgan fingerprint density at radius 3 is 2.69 bits per heavy atom. The summed E-state index contributed by atoms with van der Waals surface area (Å²) in [7, 11) is 0. The standard InChI is InChI=1S/C12H13N/c1-2-6-12(13)10-9-11-7-4-3-5-8-11/h2-5,7-8,12H,1,6,13H2/t12-/m0/s1. The Morgan fingerprint density at radius 1 is 1.38 bits per heavy atom. The molecule has 2 N–H and O–H groups in total. The van der Waals surface area contributed by atoms with Crippen molar-refractivity contribution in [3.05, 3.63) is 48.6 Å². The fourth-order valence-corrected chi connectivity index (χ4v) is 0.936. The van der Waals surface area contributed by atoms with Crippen molar-refractivity contribution in [2.45, 2.75) is 12.5 Å². The van der Waals surface area contributed by atoms with Crippen molar-refractivity contribution in [3.8, 4) is 11.8 Å². The number of benzene rings is 1. The lowest BCUT2D eigenvalue weighted by Gasteiger charge is -1.96. The molecular formula is C12H13N. The van der Waals surface area contributed by atoms with Crippen LogP contribution in [0.2, 0.25) is 0 Å². The van der Waals surface area contributed by atoms with Crippen LogP contribution in [-0.2, 0) is 0 Å². The summed E-state index contributed by atoms with van der Waals surface area (Å²) in [4.78, 5) is 0. The minimum atomic E-state index is -0.0993. The molecule has 1 aromatic rings. The topological polar surface area (TPSA) is 26.0 Å². The summed E-state index contributed by atoms with van der Waals surface area (Å²) < 4.78 is 0. The van der Waals surface area contributed by atoms with Crippen molar-refractivity contribution in [2.24, 2.45) is 5.73 Å². The van der Waals surface area contributed by atoms with Crippen molar-refractivity contribution in [2.75, 3.05) is 0 Å². The molecule has 0 saturated heterocycles. The highest BCUT2D eigenvalue weighted by atomic mass is 14.6. The predicted octanol–water partition coefficient (Wildman–Crippen LogP) is 1.94. The number of hydrogen-bond donors (Lipinski definition) is 1. The maximum Gasteiger partial charge on any atom is 0.0703 e. The zero-order valence-corrected chi connectivity index (χ0v) is 7.53. The summed E-state index contributed by atoms with van der Waals surface area (Å²) in [6.07, 6.45) is 2.52. The van der Waals surface area contributed by atoms with E-state index in [-0.39, 0.29) is 6.04 Å². The van der Waals surface area contributed by atoms with Crippen molar-refractivity contribution in [3.63, 3.8) is 0 Å². The van der Waals surface area contributed by atoms with Crippen LogP contribution in [0.5, 0.6) is 0 Å². The summed E-state index contributed by atoms with van der Waals surface area (Å²) in [6, 6.07) is 9.72. The summed E-state index contributed by atoms with van der Waals surface area (Å²) in [6.45, 7) is 3.61. The molecule has 66 valence electrons. The average Bonchev–Trinajstić information content (AvgIpc) is 2.17. The van der Waals surface area contributed by atoms with E-state index in [1.807, 2.05) is 30.3 Å². The third kappa shape index (κ3) is 3.59. The van der Waals surface area contributed by atoms with Crippen molar-refractivity contribution < 1.29 is 0 Å². The monoisotopic (exact) mass is 171 g/mol. The lowest BCUT2D eigenvalue weighted by Crippen LogP contribution is -2.15. The summed E-state index contributed by atoms with van der Waals surface area (Å²) >= 11 is 0. The number of hydrogen-bond acceptors (Lipinski definition) is 1. The van der Waals surface area contributed by atoms with Gasteiger partial charge in [-0.2, -0.15) is 0 Å². The lowest BCUT2D eigenvalue weighted by atomic mass is 10.2. The van der Waals surface area contributed by atoms with Crippen LogP contribution in [0.3, 0.4) is 0 Å². The second-order valence-electron chi connectivity index (χ2n) is 2.77. The van der Waals surface area contributed by atoms with E-state index in [9.17, 15) is 0 Å². The fraction of sp³-hybridized carbons (Fsp3) is 0.167. The first-order valence-electron chi connectivity index (χ1n) is 4.26. The van der Waals surface area contributed by atoms with E-state index in [1.165, 1.54) is 0 Å². The fourth-order valence-electron chi connectivity index (χ4n) is 0.936. The first-order chi connectivity index (χ1) is 6.33. The van der Waals surface area contributed by atoms with Gasteiger partial charge in [-0.25, -0.2) is 0 Å². The van der Waals surface area contributed by atoms with Crippen LogP contribution in [0.1, 0.15) is 12.0 Å². The van der Waals surface area contributed by atoms with Crippen LogP contribution < -0.4 is 5.73 Å². The Labute approximate surface area is 79.3 Å². The lowest BCUT2D eigenvalue weighted by molar-refractivity contribution is 0.863. The van der Waals surface area contributed by atoms with Gasteiger partial charge < -0.3 is 5.73 Å². The van der Waals surface area contributed by atoms with Gasteiger partial charge in [-0.1, -0.05) is 36.1 Å². The van der Waals surface area contributed by atoms with E-state index < -0.39 is 0 Å². The van der Waals surface area contributed by atoms with Crippen LogP contribution in [0.25, 0.3) is 0 Å². The third-order valence-electron chi connectivity index (χ3n) is 1.60. The van der Waals surface area contributed by atoms with Crippen LogP contribution in [0, 0.1) is 11.8 Å². The number of nitrogens with two attached hydrogens (primary N) is 1. The van der Waals surface area contributed by atoms with E-state index >= 15 is 0 Å². The summed E-state index contributed by atoms with van der Waals surface area (Å²) in [5.41, 5.74) is 6.69. The Hall–Kier alpha value is -1.52. The first kappa shape index (κ1) is 9.57. The highest BCUT2D eigenvalue weighted by Crippen LogP contribution is 1.95. The van der Waals surface area contributed by atoms with Crippen molar-refractivity contribution in [1.82, 2.24) is 0 Å². The molecule has 0 spiro atoms. The Balaban J connectivity index is 2.62. The highest BCUT2D eigenvalue weighted by molar-refractivity contribution is 5.34. The van der Waals surface area contributed by atoms with Crippen LogP contribution in [-0.4, -0.2) is 6.04 Å². The molecule has 0 bridgehead atoms. The molecule has 1 heteroatoms. The van der Waals surface area contributed by atoms with Gasteiger partial charge in [0.05, 0.1) is 6.04 Å². The molecule has 13 heavy (non-hydrogen) atoms. The zero-order valence-electron chi connectivity index (χ0n) is 7.53. The highest BCUT2D eigenvalue weighted by Gasteiger charge is 1.90. The second kappa shape index (κ2) is 5.18. The first-order valence-corrected chi connectivity index (χ1v) is 4.26. The molecule has 0 fully saturated rings. The van der Waals surface area contributed by atoms with Gasteiger partial charge in [0.1, 0.15) is 0 Å². The molecule has 0 aliphatic rings. The molecule has 0 aliphatic carbocycles. The largest absolute Gasteiger partial charge is 0.317 e. The molecule has 1 atom stereocenters. The summed E-state index contributed by atoms with van der Waals surface area (Å²) in [5, 5.41) is 0. The van der Waals surface area contributed by atoms with Gasteiger partial charge in [0.15, 0.2) is 0 Å². The molecule has 1 nitrogen and oxygen atoms in total. The molecule has 0 unspecified atom stereocenters. The quantitative estimate of drug-likeness (QED) is 0.534. The van der Waals surface area contributed by atoms with Gasteiger partial charge in [0.25, 0.3) is 0 Å². The van der Waals surface area contributed by atoms with E-state index in [0.717, 1.165) is 12.0 Å².